The monoisotopic (exact) mass is 383 g/mol. The average Bonchev–Trinajstić information content (AvgIpc) is 2.47. The number of rotatable bonds is 4. The van der Waals surface area contributed by atoms with Crippen molar-refractivity contribution in [2.45, 2.75) is 18.5 Å². The van der Waals surface area contributed by atoms with E-state index in [0.717, 1.165) is 18.2 Å². The van der Waals surface area contributed by atoms with Gasteiger partial charge in [-0.3, -0.25) is 4.79 Å². The second-order valence-electron chi connectivity index (χ2n) is 4.63. The van der Waals surface area contributed by atoms with E-state index in [1.807, 2.05) is 19.1 Å². The molecule has 0 atom stereocenters. The van der Waals surface area contributed by atoms with Crippen LogP contribution in [0.4, 0.5) is 5.69 Å². The van der Waals surface area contributed by atoms with Crippen molar-refractivity contribution >= 4 is 37.4 Å². The zero-order chi connectivity index (χ0) is 16.3. The number of hydrogen-bond donors (Lipinski definition) is 1. The molecular weight excluding hydrogens is 370 g/mol. The Kier molecular flexibility index (Phi) is 4.92. The summed E-state index contributed by atoms with van der Waals surface area (Å²) in [6.45, 7) is 2.04. The van der Waals surface area contributed by atoms with Gasteiger partial charge in [0, 0.05) is 18.1 Å². The van der Waals surface area contributed by atoms with Crippen LogP contribution in [0.2, 0.25) is 0 Å². The van der Waals surface area contributed by atoms with Crippen LogP contribution in [-0.2, 0) is 16.3 Å². The highest BCUT2D eigenvalue weighted by molar-refractivity contribution is 9.10. The molecule has 0 bridgehead atoms. The molecule has 22 heavy (non-hydrogen) atoms. The number of amides is 1. The Morgan fingerprint density at radius 2 is 1.91 bits per heavy atom. The zero-order valence-corrected chi connectivity index (χ0v) is 14.4. The van der Waals surface area contributed by atoms with Gasteiger partial charge in [-0.05, 0) is 40.0 Å². The second kappa shape index (κ2) is 6.53. The Bertz CT molecular complexity index is 805. The normalized spacial score (nSPS) is 11.2. The number of nitrogens with one attached hydrogen (secondary N) is 1. The molecule has 0 unspecified atom stereocenters. The first kappa shape index (κ1) is 16.6. The largest absolute Gasteiger partial charge is 0.321 e. The van der Waals surface area contributed by atoms with Crippen LogP contribution in [0.1, 0.15) is 23.0 Å². The topological polar surface area (TPSA) is 89.0 Å². The summed E-state index contributed by atoms with van der Waals surface area (Å²) in [4.78, 5) is 19.8. The minimum absolute atomic E-state index is 0.0324. The predicted molar refractivity (Wildman–Crippen MR) is 86.6 cm³/mol. The molecule has 0 spiro atoms. The van der Waals surface area contributed by atoms with Gasteiger partial charge in [0.2, 0.25) is 15.0 Å². The van der Waals surface area contributed by atoms with E-state index >= 15 is 0 Å². The van der Waals surface area contributed by atoms with Crippen molar-refractivity contribution in [3.8, 4) is 0 Å². The van der Waals surface area contributed by atoms with Crippen LogP contribution in [0, 0.1) is 0 Å². The van der Waals surface area contributed by atoms with E-state index in [1.165, 1.54) is 6.20 Å². The van der Waals surface area contributed by atoms with Gasteiger partial charge in [0.05, 0.1) is 4.47 Å². The van der Waals surface area contributed by atoms with E-state index in [1.54, 1.807) is 12.1 Å². The fourth-order valence-electron chi connectivity index (χ4n) is 1.70. The predicted octanol–water partition coefficient (Wildman–Crippen LogP) is 2.46. The van der Waals surface area contributed by atoms with Gasteiger partial charge < -0.3 is 5.32 Å². The highest BCUT2D eigenvalue weighted by atomic mass is 79.9. The smallest absolute Gasteiger partial charge is 0.275 e. The molecule has 8 heteroatoms. The first-order valence-corrected chi connectivity index (χ1v) is 9.12. The Morgan fingerprint density at radius 3 is 2.45 bits per heavy atom. The van der Waals surface area contributed by atoms with Crippen molar-refractivity contribution in [1.82, 2.24) is 9.97 Å². The van der Waals surface area contributed by atoms with Crippen molar-refractivity contribution < 1.29 is 13.2 Å². The fraction of sp³-hybridized carbons (Fsp3) is 0.214. The molecule has 1 aromatic carbocycles. The number of sulfone groups is 1. The zero-order valence-electron chi connectivity index (χ0n) is 12.0. The first-order valence-electron chi connectivity index (χ1n) is 6.44. The summed E-state index contributed by atoms with van der Waals surface area (Å²) in [6.07, 6.45) is 3.14. The van der Waals surface area contributed by atoms with E-state index < -0.39 is 15.7 Å². The summed E-state index contributed by atoms with van der Waals surface area (Å²) in [5.41, 5.74) is 1.73. The number of aromatic nitrogens is 2. The molecule has 0 aliphatic heterocycles. The number of carbonyl (C=O) groups is 1. The van der Waals surface area contributed by atoms with E-state index in [-0.39, 0.29) is 10.9 Å². The van der Waals surface area contributed by atoms with Gasteiger partial charge in [0.1, 0.15) is 5.69 Å². The molecule has 1 aromatic heterocycles. The molecule has 0 saturated carbocycles. The number of benzene rings is 1. The molecule has 0 fully saturated rings. The van der Waals surface area contributed by atoms with Crippen LogP contribution < -0.4 is 5.32 Å². The molecular formula is C14H14BrN3O3S. The summed E-state index contributed by atoms with van der Waals surface area (Å²) >= 11 is 3.15. The minimum Gasteiger partial charge on any atom is -0.321 e. The lowest BCUT2D eigenvalue weighted by atomic mass is 10.1. The Balaban J connectivity index is 2.28. The van der Waals surface area contributed by atoms with Gasteiger partial charge in [-0.15, -0.1) is 0 Å². The summed E-state index contributed by atoms with van der Waals surface area (Å²) < 4.78 is 23.3. The molecule has 1 amide bonds. The van der Waals surface area contributed by atoms with Gasteiger partial charge in [0.25, 0.3) is 5.91 Å². The van der Waals surface area contributed by atoms with E-state index in [2.05, 4.69) is 31.2 Å². The molecule has 0 radical (unpaired) electrons. The van der Waals surface area contributed by atoms with Crippen molar-refractivity contribution in [3.05, 3.63) is 46.2 Å². The molecule has 6 nitrogen and oxygen atoms in total. The summed E-state index contributed by atoms with van der Waals surface area (Å²) in [7, 11) is -3.58. The maximum absolute atomic E-state index is 12.2. The molecule has 116 valence electrons. The third kappa shape index (κ3) is 3.89. The first-order chi connectivity index (χ1) is 10.3. The van der Waals surface area contributed by atoms with Crippen LogP contribution in [0.3, 0.4) is 0 Å². The highest BCUT2D eigenvalue weighted by Crippen LogP contribution is 2.17. The quantitative estimate of drug-likeness (QED) is 0.818. The van der Waals surface area contributed by atoms with E-state index in [0.29, 0.717) is 10.2 Å². The van der Waals surface area contributed by atoms with Crippen molar-refractivity contribution in [1.29, 1.82) is 0 Å². The molecule has 0 saturated heterocycles. The number of nitrogens with zero attached hydrogens (tertiary/aromatic N) is 2. The number of anilines is 1. The van der Waals surface area contributed by atoms with Crippen LogP contribution in [0.5, 0.6) is 0 Å². The molecule has 2 rings (SSSR count). The van der Waals surface area contributed by atoms with Gasteiger partial charge in [-0.2, -0.15) is 0 Å². The molecule has 2 aromatic rings. The number of halogens is 1. The van der Waals surface area contributed by atoms with Gasteiger partial charge in [-0.25, -0.2) is 18.4 Å². The van der Waals surface area contributed by atoms with Crippen molar-refractivity contribution in [3.63, 3.8) is 0 Å². The summed E-state index contributed by atoms with van der Waals surface area (Å²) in [6, 6.07) is 7.38. The number of aryl methyl sites for hydroxylation is 1. The minimum atomic E-state index is -3.58. The number of carbonyl (C=O) groups excluding carboxylic acids is 1. The summed E-state index contributed by atoms with van der Waals surface area (Å²) in [5, 5.41) is 2.29. The van der Waals surface area contributed by atoms with Crippen LogP contribution in [-0.4, -0.2) is 30.5 Å². The maximum Gasteiger partial charge on any atom is 0.275 e. The number of hydrogen-bond acceptors (Lipinski definition) is 5. The Labute approximate surface area is 137 Å². The fourth-order valence-corrected chi connectivity index (χ4v) is 2.58. The van der Waals surface area contributed by atoms with Crippen LogP contribution in [0.15, 0.2) is 40.1 Å². The average molecular weight is 384 g/mol. The standard InChI is InChI=1S/C14H14BrN3O3S/c1-3-9-4-6-10(7-5-9)17-13(19)12-11(15)8-16-14(18-12)22(2,20)21/h4-8H,3H2,1-2H3,(H,17,19). The maximum atomic E-state index is 12.2. The molecule has 0 aliphatic carbocycles. The third-order valence-electron chi connectivity index (χ3n) is 2.89. The second-order valence-corrected chi connectivity index (χ2v) is 7.39. The van der Waals surface area contributed by atoms with E-state index in [9.17, 15) is 13.2 Å². The molecule has 1 N–H and O–H groups in total. The van der Waals surface area contributed by atoms with Crippen molar-refractivity contribution in [2.75, 3.05) is 11.6 Å². The SMILES string of the molecule is CCc1ccc(NC(=O)c2nc(S(C)(=O)=O)ncc2Br)cc1. The molecule has 0 aliphatic rings. The highest BCUT2D eigenvalue weighted by Gasteiger charge is 2.18. The van der Waals surface area contributed by atoms with Gasteiger partial charge in [0.15, 0.2) is 0 Å². The third-order valence-corrected chi connectivity index (χ3v) is 4.33. The molecule has 1 heterocycles. The van der Waals surface area contributed by atoms with Gasteiger partial charge in [-0.1, -0.05) is 19.1 Å². The lowest BCUT2D eigenvalue weighted by Gasteiger charge is -2.07. The lowest BCUT2D eigenvalue weighted by molar-refractivity contribution is 0.102. The summed E-state index contributed by atoms with van der Waals surface area (Å²) in [5.74, 6) is -0.511. The Hall–Kier alpha value is -1.80. The van der Waals surface area contributed by atoms with Gasteiger partial charge >= 0.3 is 0 Å². The lowest BCUT2D eigenvalue weighted by Crippen LogP contribution is -2.17. The van der Waals surface area contributed by atoms with Crippen molar-refractivity contribution in [2.24, 2.45) is 0 Å². The van der Waals surface area contributed by atoms with Crippen LogP contribution in [0.25, 0.3) is 0 Å². The van der Waals surface area contributed by atoms with Crippen LogP contribution >= 0.6 is 15.9 Å². The van der Waals surface area contributed by atoms with E-state index in [4.69, 9.17) is 0 Å². The Morgan fingerprint density at radius 1 is 1.27 bits per heavy atom.